The molecule has 0 radical (unpaired) electrons. The van der Waals surface area contributed by atoms with Crippen molar-refractivity contribution in [3.05, 3.63) is 36.5 Å². The highest BCUT2D eigenvalue weighted by Crippen LogP contribution is 2.19. The zero-order valence-electron chi connectivity index (χ0n) is 56.9. The van der Waals surface area contributed by atoms with E-state index in [4.69, 9.17) is 4.74 Å². The van der Waals surface area contributed by atoms with Crippen molar-refractivity contribution in [2.75, 3.05) is 13.2 Å². The molecule has 3 N–H and O–H groups in total. The average molecular weight is 1180 g/mol. The van der Waals surface area contributed by atoms with Gasteiger partial charge in [0.15, 0.2) is 0 Å². The van der Waals surface area contributed by atoms with E-state index in [9.17, 15) is 19.8 Å². The summed E-state index contributed by atoms with van der Waals surface area (Å²) in [5, 5.41) is 23.2. The molecule has 6 heteroatoms. The fourth-order valence-electron chi connectivity index (χ4n) is 12.0. The number of hydrogen-bond donors (Lipinski definition) is 3. The van der Waals surface area contributed by atoms with Crippen molar-refractivity contribution in [1.82, 2.24) is 5.32 Å². The van der Waals surface area contributed by atoms with E-state index in [2.05, 4.69) is 43.5 Å². The number of aliphatic hydroxyl groups excluding tert-OH is 2. The molecule has 0 aliphatic carbocycles. The Labute approximate surface area is 525 Å². The van der Waals surface area contributed by atoms with E-state index in [0.717, 1.165) is 44.9 Å². The Kier molecular flexibility index (Phi) is 71.9. The third-order valence-corrected chi connectivity index (χ3v) is 17.9. The average Bonchev–Trinajstić information content (AvgIpc) is 3.50. The van der Waals surface area contributed by atoms with Crippen molar-refractivity contribution in [2.45, 2.75) is 437 Å². The second-order valence-corrected chi connectivity index (χ2v) is 26.3. The molecule has 2 unspecified atom stereocenters. The lowest BCUT2D eigenvalue weighted by Gasteiger charge is -2.20. The molecular weight excluding hydrogens is 1030 g/mol. The molecule has 0 fully saturated rings. The minimum atomic E-state index is -0.842. The number of unbranched alkanes of at least 4 members (excludes halogenated alkanes) is 57. The van der Waals surface area contributed by atoms with Crippen LogP contribution in [0.5, 0.6) is 0 Å². The number of amides is 1. The number of aliphatic hydroxyl groups is 2. The van der Waals surface area contributed by atoms with Gasteiger partial charge in [0.1, 0.15) is 0 Å². The predicted molar refractivity (Wildman–Crippen MR) is 370 cm³/mol. The largest absolute Gasteiger partial charge is 0.466 e. The Morgan fingerprint density at radius 1 is 0.321 bits per heavy atom. The van der Waals surface area contributed by atoms with Crippen LogP contribution in [0, 0.1) is 0 Å². The number of hydrogen-bond acceptors (Lipinski definition) is 5. The maximum absolute atomic E-state index is 12.5. The van der Waals surface area contributed by atoms with Crippen LogP contribution in [-0.2, 0) is 14.3 Å². The first-order chi connectivity index (χ1) is 41.5. The van der Waals surface area contributed by atoms with Gasteiger partial charge in [-0.1, -0.05) is 365 Å². The number of carbonyl (C=O) groups excluding carboxylic acids is 2. The van der Waals surface area contributed by atoms with Crippen LogP contribution in [0.1, 0.15) is 425 Å². The number of rotatable bonds is 72. The zero-order chi connectivity index (χ0) is 60.6. The summed E-state index contributed by atoms with van der Waals surface area (Å²) in [6.07, 6.45) is 95.4. The molecule has 496 valence electrons. The molecular formula is C78H149NO5. The van der Waals surface area contributed by atoms with Gasteiger partial charge in [0.2, 0.25) is 5.91 Å². The molecule has 0 spiro atoms. The fraction of sp³-hybridized carbons (Fsp3) is 0.897. The molecule has 0 rings (SSSR count). The summed E-state index contributed by atoms with van der Waals surface area (Å²) in [6, 6.07) is -0.626. The number of esters is 1. The predicted octanol–water partition coefficient (Wildman–Crippen LogP) is 25.0. The molecule has 2 atom stereocenters. The lowest BCUT2D eigenvalue weighted by molar-refractivity contribution is -0.143. The molecule has 0 aromatic rings. The number of allylic oxidation sites excluding steroid dienone is 5. The van der Waals surface area contributed by atoms with Gasteiger partial charge in [-0.2, -0.15) is 0 Å². The molecule has 0 bridgehead atoms. The zero-order valence-corrected chi connectivity index (χ0v) is 56.9. The van der Waals surface area contributed by atoms with Crippen LogP contribution in [0.15, 0.2) is 36.5 Å². The number of nitrogens with one attached hydrogen (secondary N) is 1. The Morgan fingerprint density at radius 3 is 0.845 bits per heavy atom. The molecule has 0 saturated heterocycles. The van der Waals surface area contributed by atoms with Crippen LogP contribution >= 0.6 is 0 Å². The quantitative estimate of drug-likeness (QED) is 0.0320. The lowest BCUT2D eigenvalue weighted by Crippen LogP contribution is -2.45. The third-order valence-electron chi connectivity index (χ3n) is 17.9. The molecule has 0 aromatic heterocycles. The van der Waals surface area contributed by atoms with Crippen molar-refractivity contribution in [1.29, 1.82) is 0 Å². The lowest BCUT2D eigenvalue weighted by atomic mass is 10.0. The van der Waals surface area contributed by atoms with Gasteiger partial charge in [-0.15, -0.1) is 0 Å². The summed E-state index contributed by atoms with van der Waals surface area (Å²) in [5.74, 6) is -0.0458. The van der Waals surface area contributed by atoms with Crippen molar-refractivity contribution < 1.29 is 24.5 Å². The minimum Gasteiger partial charge on any atom is -0.466 e. The van der Waals surface area contributed by atoms with Gasteiger partial charge in [0, 0.05) is 12.8 Å². The van der Waals surface area contributed by atoms with E-state index in [1.165, 1.54) is 353 Å². The Morgan fingerprint density at radius 2 is 0.560 bits per heavy atom. The summed E-state index contributed by atoms with van der Waals surface area (Å²) >= 11 is 0. The molecule has 0 aliphatic heterocycles. The summed E-state index contributed by atoms with van der Waals surface area (Å²) in [6.45, 7) is 4.94. The van der Waals surface area contributed by atoms with Gasteiger partial charge in [-0.25, -0.2) is 0 Å². The Hall–Kier alpha value is -1.92. The maximum atomic E-state index is 12.5. The highest BCUT2D eigenvalue weighted by molar-refractivity contribution is 5.76. The van der Waals surface area contributed by atoms with Crippen LogP contribution in [0.25, 0.3) is 0 Å². The Bertz CT molecular complexity index is 1360. The van der Waals surface area contributed by atoms with Crippen molar-refractivity contribution in [2.24, 2.45) is 0 Å². The molecule has 6 nitrogen and oxygen atoms in total. The van der Waals surface area contributed by atoms with Crippen molar-refractivity contribution >= 4 is 11.9 Å². The second kappa shape index (κ2) is 73.5. The fourth-order valence-corrected chi connectivity index (χ4v) is 12.0. The first-order valence-corrected chi connectivity index (χ1v) is 38.3. The molecule has 84 heavy (non-hydrogen) atoms. The normalized spacial score (nSPS) is 12.7. The third kappa shape index (κ3) is 69.2. The van der Waals surface area contributed by atoms with Crippen molar-refractivity contribution in [3.63, 3.8) is 0 Å². The first kappa shape index (κ1) is 82.1. The monoisotopic (exact) mass is 1180 g/mol. The maximum Gasteiger partial charge on any atom is 0.305 e. The van der Waals surface area contributed by atoms with Crippen LogP contribution in [0.2, 0.25) is 0 Å². The molecule has 1 amide bonds. The summed E-state index contributed by atoms with van der Waals surface area (Å²) in [7, 11) is 0. The van der Waals surface area contributed by atoms with Crippen LogP contribution in [0.4, 0.5) is 0 Å². The molecule has 0 heterocycles. The topological polar surface area (TPSA) is 95.9 Å². The van der Waals surface area contributed by atoms with Gasteiger partial charge in [0.25, 0.3) is 0 Å². The van der Waals surface area contributed by atoms with E-state index in [-0.39, 0.29) is 18.5 Å². The number of carbonyl (C=O) groups is 2. The smallest absolute Gasteiger partial charge is 0.305 e. The molecule has 0 saturated carbocycles. The van der Waals surface area contributed by atoms with E-state index in [1.54, 1.807) is 6.08 Å². The van der Waals surface area contributed by atoms with Crippen LogP contribution in [-0.4, -0.2) is 47.4 Å². The van der Waals surface area contributed by atoms with Crippen LogP contribution < -0.4 is 5.32 Å². The minimum absolute atomic E-state index is 0.0162. The second-order valence-electron chi connectivity index (χ2n) is 26.3. The van der Waals surface area contributed by atoms with Crippen LogP contribution in [0.3, 0.4) is 0 Å². The standard InChI is InChI=1S/C78H149NO5/c1-3-5-7-9-11-13-15-17-19-21-40-44-48-52-56-60-64-68-72-78(83)84-73-69-65-61-57-53-49-45-41-38-36-34-32-30-28-26-24-22-23-25-27-29-31-33-35-37-39-43-47-51-55-59-63-67-71-77(82)79-75(74-80)76(81)70-66-62-58-54-50-46-42-20-18-16-14-12-10-8-6-4-2/h19,21,26,28,66,70,75-76,80-81H,3-18,20,22-25,27,29-65,67-69,71-74H2,1-2H3,(H,79,82)/b21-19-,28-26-,70-66+. The van der Waals surface area contributed by atoms with E-state index in [0.29, 0.717) is 19.4 Å². The van der Waals surface area contributed by atoms with Gasteiger partial charge in [0.05, 0.1) is 25.4 Å². The van der Waals surface area contributed by atoms with Gasteiger partial charge in [-0.3, -0.25) is 9.59 Å². The van der Waals surface area contributed by atoms with Gasteiger partial charge >= 0.3 is 5.97 Å². The van der Waals surface area contributed by atoms with Gasteiger partial charge < -0.3 is 20.3 Å². The molecule has 0 aliphatic rings. The molecule has 0 aromatic carbocycles. The first-order valence-electron chi connectivity index (χ1n) is 38.3. The van der Waals surface area contributed by atoms with Crippen molar-refractivity contribution in [3.8, 4) is 0 Å². The summed E-state index contributed by atoms with van der Waals surface area (Å²) in [5.41, 5.74) is 0. The van der Waals surface area contributed by atoms with Gasteiger partial charge in [-0.05, 0) is 83.5 Å². The van der Waals surface area contributed by atoms with E-state index in [1.807, 2.05) is 6.08 Å². The highest BCUT2D eigenvalue weighted by Gasteiger charge is 2.18. The SMILES string of the molecule is CCCCCCCCC/C=C\CCCCCCCCCC(=O)OCCCCCCCCCCCCCC/C=C\CCCCCCCCCCCCCCCCCCCC(=O)NC(CO)C(O)/C=C/CCCCCCCCCCCCCCCC. The summed E-state index contributed by atoms with van der Waals surface area (Å²) in [4.78, 5) is 24.6. The number of ether oxygens (including phenoxy) is 1. The Balaban J connectivity index is 3.35. The summed E-state index contributed by atoms with van der Waals surface area (Å²) < 4.78 is 5.51. The van der Waals surface area contributed by atoms with E-state index < -0.39 is 12.1 Å². The van der Waals surface area contributed by atoms with E-state index >= 15 is 0 Å². The highest BCUT2D eigenvalue weighted by atomic mass is 16.5.